The Morgan fingerprint density at radius 2 is 2.12 bits per heavy atom. The molecule has 2 aliphatic carbocycles. The standard InChI is InChI=1S/C26H39FO5/c1-2-3-9-22(27)23(28)13-12-20-21-16-18(8-4-5-10-25(29)30)15-19(21)17-24(20)32-26-11-6-7-14-31-26/h8,12-13,19-22,24,26H,2-7,9-11,14-17H2,1H3,(H,29,30)/b13-12+,18-8+/t19-,20-,21-,22?,24+,26?/m0/s1. The zero-order valence-corrected chi connectivity index (χ0v) is 19.3. The molecule has 0 bridgehead atoms. The monoisotopic (exact) mass is 450 g/mol. The van der Waals surface area contributed by atoms with Crippen molar-refractivity contribution in [3.05, 3.63) is 23.8 Å². The Bertz CT molecular complexity index is 682. The second kappa shape index (κ2) is 12.6. The molecule has 0 aromatic carbocycles. The predicted molar refractivity (Wildman–Crippen MR) is 121 cm³/mol. The van der Waals surface area contributed by atoms with Crippen molar-refractivity contribution in [2.24, 2.45) is 17.8 Å². The summed E-state index contributed by atoms with van der Waals surface area (Å²) in [6.45, 7) is 2.72. The number of carbonyl (C=O) groups is 2. The van der Waals surface area contributed by atoms with Crippen LogP contribution in [-0.4, -0.2) is 42.0 Å². The first kappa shape index (κ1) is 25.1. The highest BCUT2D eigenvalue weighted by atomic mass is 19.1. The summed E-state index contributed by atoms with van der Waals surface area (Å²) >= 11 is 0. The van der Waals surface area contributed by atoms with E-state index >= 15 is 0 Å². The molecule has 1 saturated heterocycles. The third kappa shape index (κ3) is 7.24. The van der Waals surface area contributed by atoms with Crippen molar-refractivity contribution < 1.29 is 28.6 Å². The number of carboxylic acid groups (broad SMARTS) is 1. The summed E-state index contributed by atoms with van der Waals surface area (Å²) < 4.78 is 26.3. The van der Waals surface area contributed by atoms with Crippen LogP contribution in [0.3, 0.4) is 0 Å². The number of allylic oxidation sites excluding steroid dienone is 3. The largest absolute Gasteiger partial charge is 0.481 e. The molecule has 1 aliphatic heterocycles. The molecule has 2 saturated carbocycles. The van der Waals surface area contributed by atoms with Crippen LogP contribution in [-0.2, 0) is 19.1 Å². The van der Waals surface area contributed by atoms with Crippen LogP contribution >= 0.6 is 0 Å². The van der Waals surface area contributed by atoms with Crippen LogP contribution in [0.25, 0.3) is 0 Å². The average Bonchev–Trinajstić information content (AvgIpc) is 3.31. The van der Waals surface area contributed by atoms with Crippen LogP contribution in [0.15, 0.2) is 23.8 Å². The number of aliphatic carboxylic acids is 1. The number of ether oxygens (including phenoxy) is 2. The minimum absolute atomic E-state index is 0.000543. The molecular weight excluding hydrogens is 411 g/mol. The van der Waals surface area contributed by atoms with Crippen LogP contribution in [0.1, 0.15) is 84.0 Å². The van der Waals surface area contributed by atoms with Gasteiger partial charge >= 0.3 is 5.97 Å². The number of rotatable bonds is 12. The number of alkyl halides is 1. The number of unbranched alkanes of at least 4 members (excludes halogenated alkanes) is 2. The first-order valence-corrected chi connectivity index (χ1v) is 12.5. The number of fused-ring (bicyclic) bond motifs is 1. The van der Waals surface area contributed by atoms with Crippen molar-refractivity contribution in [3.8, 4) is 0 Å². The van der Waals surface area contributed by atoms with E-state index in [4.69, 9.17) is 14.6 Å². The number of carbonyl (C=O) groups excluding carboxylic acids is 1. The first-order valence-electron chi connectivity index (χ1n) is 12.5. The molecular formula is C26H39FO5. The summed E-state index contributed by atoms with van der Waals surface area (Å²) in [5.74, 6) is -0.237. The second-order valence-electron chi connectivity index (χ2n) is 9.64. The van der Waals surface area contributed by atoms with Crippen molar-refractivity contribution in [1.82, 2.24) is 0 Å². The van der Waals surface area contributed by atoms with Gasteiger partial charge in [0.15, 0.2) is 18.2 Å². The normalized spacial score (nSPS) is 32.4. The summed E-state index contributed by atoms with van der Waals surface area (Å²) in [5, 5.41) is 8.82. The molecule has 0 amide bonds. The maximum Gasteiger partial charge on any atom is 0.303 e. The molecule has 0 spiro atoms. The van der Waals surface area contributed by atoms with Gasteiger partial charge in [0.25, 0.3) is 0 Å². The Morgan fingerprint density at radius 3 is 2.84 bits per heavy atom. The zero-order chi connectivity index (χ0) is 22.9. The molecule has 180 valence electrons. The van der Waals surface area contributed by atoms with E-state index in [0.717, 1.165) is 64.4 Å². The SMILES string of the molecule is CCCCC(F)C(=O)/C=C/[C@H]1[C@H]2C/C(=C/CCCC(=O)O)C[C@H]2C[C@H]1OC1CCCCO1. The fourth-order valence-corrected chi connectivity index (χ4v) is 5.47. The lowest BCUT2D eigenvalue weighted by Gasteiger charge is -2.29. The second-order valence-corrected chi connectivity index (χ2v) is 9.64. The number of halogens is 1. The van der Waals surface area contributed by atoms with Crippen LogP contribution < -0.4 is 0 Å². The Hall–Kier alpha value is -1.53. The van der Waals surface area contributed by atoms with Gasteiger partial charge in [-0.15, -0.1) is 0 Å². The smallest absolute Gasteiger partial charge is 0.303 e. The molecule has 0 aromatic heterocycles. The minimum atomic E-state index is -1.42. The van der Waals surface area contributed by atoms with E-state index in [1.807, 2.05) is 13.0 Å². The maximum atomic E-state index is 14.2. The Labute approximate surface area is 191 Å². The van der Waals surface area contributed by atoms with E-state index in [2.05, 4.69) is 6.08 Å². The van der Waals surface area contributed by atoms with E-state index in [1.54, 1.807) is 0 Å². The molecule has 1 heterocycles. The third-order valence-electron chi connectivity index (χ3n) is 7.18. The lowest BCUT2D eigenvalue weighted by molar-refractivity contribution is -0.193. The summed E-state index contributed by atoms with van der Waals surface area (Å²) in [4.78, 5) is 23.0. The molecule has 3 fully saturated rings. The first-order chi connectivity index (χ1) is 15.5. The molecule has 1 N–H and O–H groups in total. The van der Waals surface area contributed by atoms with Gasteiger partial charge in [-0.1, -0.05) is 37.5 Å². The molecule has 6 atom stereocenters. The molecule has 0 radical (unpaired) electrons. The van der Waals surface area contributed by atoms with Gasteiger partial charge in [-0.05, 0) is 75.7 Å². The van der Waals surface area contributed by atoms with Gasteiger partial charge in [-0.2, -0.15) is 0 Å². The lowest BCUT2D eigenvalue weighted by Crippen LogP contribution is -2.31. The highest BCUT2D eigenvalue weighted by molar-refractivity contribution is 5.93. The minimum Gasteiger partial charge on any atom is -0.481 e. The van der Waals surface area contributed by atoms with Crippen molar-refractivity contribution in [1.29, 1.82) is 0 Å². The summed E-state index contributed by atoms with van der Waals surface area (Å²) in [5.41, 5.74) is 1.38. The van der Waals surface area contributed by atoms with Crippen molar-refractivity contribution in [2.45, 2.75) is 103 Å². The van der Waals surface area contributed by atoms with Crippen LogP contribution in [0, 0.1) is 17.8 Å². The van der Waals surface area contributed by atoms with E-state index < -0.39 is 17.9 Å². The predicted octanol–water partition coefficient (Wildman–Crippen LogP) is 5.78. The average molecular weight is 451 g/mol. The summed E-state index contributed by atoms with van der Waals surface area (Å²) in [7, 11) is 0. The molecule has 2 unspecified atom stereocenters. The molecule has 6 heteroatoms. The summed E-state index contributed by atoms with van der Waals surface area (Å²) in [6, 6.07) is 0. The Kier molecular flexibility index (Phi) is 9.92. The van der Waals surface area contributed by atoms with Crippen LogP contribution in [0.5, 0.6) is 0 Å². The Balaban J connectivity index is 1.63. The van der Waals surface area contributed by atoms with E-state index in [9.17, 15) is 14.0 Å². The zero-order valence-electron chi connectivity index (χ0n) is 19.3. The Morgan fingerprint density at radius 1 is 1.28 bits per heavy atom. The quantitative estimate of drug-likeness (QED) is 0.232. The number of carboxylic acids is 1. The van der Waals surface area contributed by atoms with Crippen LogP contribution in [0.4, 0.5) is 4.39 Å². The van der Waals surface area contributed by atoms with Crippen molar-refractivity contribution in [2.75, 3.05) is 6.61 Å². The van der Waals surface area contributed by atoms with Gasteiger partial charge in [-0.3, -0.25) is 9.59 Å². The van der Waals surface area contributed by atoms with E-state index in [1.165, 1.54) is 11.6 Å². The van der Waals surface area contributed by atoms with E-state index in [-0.39, 0.29) is 31.2 Å². The maximum absolute atomic E-state index is 14.2. The fraction of sp³-hybridized carbons (Fsp3) is 0.769. The fourth-order valence-electron chi connectivity index (χ4n) is 5.47. The highest BCUT2D eigenvalue weighted by Gasteiger charge is 2.47. The molecule has 32 heavy (non-hydrogen) atoms. The van der Waals surface area contributed by atoms with Gasteiger partial charge in [0.05, 0.1) is 6.10 Å². The highest BCUT2D eigenvalue weighted by Crippen LogP contribution is 2.52. The van der Waals surface area contributed by atoms with Gasteiger partial charge in [0, 0.05) is 18.9 Å². The van der Waals surface area contributed by atoms with Gasteiger partial charge in [0.2, 0.25) is 0 Å². The third-order valence-corrected chi connectivity index (χ3v) is 7.18. The van der Waals surface area contributed by atoms with Gasteiger partial charge < -0.3 is 14.6 Å². The number of hydrogen-bond acceptors (Lipinski definition) is 4. The number of ketones is 1. The summed E-state index contributed by atoms with van der Waals surface area (Å²) in [6.07, 6.45) is 13.5. The molecule has 3 aliphatic rings. The molecule has 3 rings (SSSR count). The molecule has 0 aromatic rings. The van der Waals surface area contributed by atoms with Crippen molar-refractivity contribution >= 4 is 11.8 Å². The topological polar surface area (TPSA) is 72.8 Å². The van der Waals surface area contributed by atoms with Crippen molar-refractivity contribution in [3.63, 3.8) is 0 Å². The van der Waals surface area contributed by atoms with Crippen LogP contribution in [0.2, 0.25) is 0 Å². The number of hydrogen-bond donors (Lipinski definition) is 1. The molecule has 5 nitrogen and oxygen atoms in total. The van der Waals surface area contributed by atoms with E-state index in [0.29, 0.717) is 18.3 Å². The lowest BCUT2D eigenvalue weighted by atomic mass is 9.90. The van der Waals surface area contributed by atoms with Gasteiger partial charge in [-0.25, -0.2) is 4.39 Å². The van der Waals surface area contributed by atoms with Gasteiger partial charge in [0.1, 0.15) is 0 Å².